The molecule has 16 heteroatoms. The van der Waals surface area contributed by atoms with E-state index in [1.165, 1.54) is 0 Å². The van der Waals surface area contributed by atoms with Crippen LogP contribution in [0, 0.1) is 5.92 Å². The second kappa shape index (κ2) is 7.04. The summed E-state index contributed by atoms with van der Waals surface area (Å²) >= 11 is 0. The van der Waals surface area contributed by atoms with Crippen molar-refractivity contribution in [2.24, 2.45) is 5.92 Å². The minimum absolute atomic E-state index is 0.378. The molecule has 1 unspecified atom stereocenters. The third-order valence-electron chi connectivity index (χ3n) is 2.68. The second-order valence-corrected chi connectivity index (χ2v) is 8.47. The molecule has 13 nitrogen and oxygen atoms in total. The quantitative estimate of drug-likeness (QED) is 0.245. The van der Waals surface area contributed by atoms with Gasteiger partial charge >= 0.3 is 23.5 Å². The van der Waals surface area contributed by atoms with E-state index < -0.39 is 54.3 Å². The lowest BCUT2D eigenvalue weighted by Gasteiger charge is -2.20. The van der Waals surface area contributed by atoms with Crippen molar-refractivity contribution in [3.8, 4) is 0 Å². The third kappa shape index (κ3) is 6.81. The number of aliphatic hydroxyl groups is 2. The zero-order valence-corrected chi connectivity index (χ0v) is 13.3. The molecular weight excluding hydrogens is 373 g/mol. The minimum Gasteiger partial charge on any atom is -0.390 e. The molecule has 0 spiro atoms. The molecule has 1 rings (SSSR count). The van der Waals surface area contributed by atoms with E-state index in [9.17, 15) is 23.9 Å². The van der Waals surface area contributed by atoms with Gasteiger partial charge in [0.05, 0.1) is 18.8 Å². The van der Waals surface area contributed by atoms with Crippen LogP contribution >= 0.6 is 23.5 Å². The molecule has 1 aliphatic carbocycles. The summed E-state index contributed by atoms with van der Waals surface area (Å²) in [6, 6.07) is 0. The molecule has 132 valence electrons. The Labute approximate surface area is 123 Å². The van der Waals surface area contributed by atoms with E-state index in [1.54, 1.807) is 0 Å². The van der Waals surface area contributed by atoms with Crippen molar-refractivity contribution in [3.05, 3.63) is 0 Å². The van der Waals surface area contributed by atoms with Gasteiger partial charge in [0.15, 0.2) is 0 Å². The van der Waals surface area contributed by atoms with Crippen LogP contribution in [0.25, 0.3) is 0 Å². The van der Waals surface area contributed by atoms with Crippen molar-refractivity contribution in [2.75, 3.05) is 6.61 Å². The highest BCUT2D eigenvalue weighted by Crippen LogP contribution is 2.59. The summed E-state index contributed by atoms with van der Waals surface area (Å²) < 4.78 is 44.4. The molecule has 7 N–H and O–H groups in total. The Morgan fingerprint density at radius 1 is 0.909 bits per heavy atom. The summed E-state index contributed by atoms with van der Waals surface area (Å²) in [6.45, 7) is -0.683. The molecule has 0 aromatic rings. The molecule has 0 aliphatic heterocycles. The van der Waals surface area contributed by atoms with Gasteiger partial charge in [-0.15, -0.1) is 0 Å². The van der Waals surface area contributed by atoms with Crippen LogP contribution in [0.2, 0.25) is 0 Å². The highest BCUT2D eigenvalue weighted by molar-refractivity contribution is 7.60. The first-order valence-corrected chi connectivity index (χ1v) is 10.1. The van der Waals surface area contributed by atoms with Crippen molar-refractivity contribution < 1.29 is 61.7 Å². The molecule has 0 heterocycles. The molecule has 0 bridgehead atoms. The monoisotopic (exact) mass is 388 g/mol. The standard InChI is InChI=1S/C6H15O13P3/c7-5-3(2-17-20(9,10)11)1-4(6(5)8)18-22(15,16)19-21(12,13)14/h3-8H,1-2H2,(H,15,16)(H2,9,10,11)(H2,12,13,14)/t3-,4+,5-,6-/m0/s1. The molecule has 1 fully saturated rings. The topological polar surface area (TPSA) is 221 Å². The largest absolute Gasteiger partial charge is 0.481 e. The van der Waals surface area contributed by atoms with E-state index in [0.29, 0.717) is 0 Å². The minimum atomic E-state index is -5.34. The molecule has 1 aliphatic rings. The molecule has 0 aromatic carbocycles. The SMILES string of the molecule is O=P(O)(O)OC[C@@H]1C[C@@H](OP(=O)(O)OP(=O)(O)O)[C@H](O)[C@H]1O. The average molecular weight is 388 g/mol. The van der Waals surface area contributed by atoms with E-state index in [0.717, 1.165) is 0 Å². The number of hydrogen-bond acceptors (Lipinski definition) is 8. The van der Waals surface area contributed by atoms with Crippen LogP contribution in [-0.4, -0.2) is 59.6 Å². The fourth-order valence-corrected chi connectivity index (χ4v) is 4.03. The Kier molecular flexibility index (Phi) is 6.51. The van der Waals surface area contributed by atoms with Gasteiger partial charge < -0.3 is 34.7 Å². The predicted octanol–water partition coefficient (Wildman–Crippen LogP) is -1.57. The highest BCUT2D eigenvalue weighted by Gasteiger charge is 2.47. The first-order chi connectivity index (χ1) is 9.70. The van der Waals surface area contributed by atoms with E-state index >= 15 is 0 Å². The molecule has 0 aromatic heterocycles. The maximum Gasteiger partial charge on any atom is 0.481 e. The van der Waals surface area contributed by atoms with Crippen molar-refractivity contribution >= 4 is 23.5 Å². The zero-order valence-electron chi connectivity index (χ0n) is 10.6. The maximum atomic E-state index is 11.3. The first-order valence-electron chi connectivity index (χ1n) is 5.54. The molecule has 5 atom stereocenters. The molecule has 0 saturated heterocycles. The van der Waals surface area contributed by atoms with Gasteiger partial charge in [0.2, 0.25) is 0 Å². The summed E-state index contributed by atoms with van der Waals surface area (Å²) in [5.74, 6) is -1.05. The molecular formula is C6H15O13P3. The normalized spacial score (nSPS) is 32.9. The van der Waals surface area contributed by atoms with Crippen LogP contribution in [0.1, 0.15) is 6.42 Å². The van der Waals surface area contributed by atoms with E-state index in [-0.39, 0.29) is 6.42 Å². The van der Waals surface area contributed by atoms with Gasteiger partial charge in [-0.3, -0.25) is 9.05 Å². The summed E-state index contributed by atoms with van der Waals surface area (Å²) in [7, 11) is -15.4. The summed E-state index contributed by atoms with van der Waals surface area (Å²) in [4.78, 5) is 43.1. The first kappa shape index (κ1) is 20.3. The summed E-state index contributed by atoms with van der Waals surface area (Å²) in [5.41, 5.74) is 0. The Bertz CT molecular complexity index is 522. The van der Waals surface area contributed by atoms with E-state index in [1.807, 2.05) is 0 Å². The van der Waals surface area contributed by atoms with Crippen LogP contribution in [0.4, 0.5) is 0 Å². The maximum absolute atomic E-state index is 11.3. The zero-order chi connectivity index (χ0) is 17.3. The van der Waals surface area contributed by atoms with Crippen LogP contribution < -0.4 is 0 Å². The van der Waals surface area contributed by atoms with Gasteiger partial charge in [0.25, 0.3) is 0 Å². The van der Waals surface area contributed by atoms with E-state index in [2.05, 4.69) is 13.4 Å². The highest BCUT2D eigenvalue weighted by atomic mass is 31.3. The van der Waals surface area contributed by atoms with Gasteiger partial charge in [-0.2, -0.15) is 4.31 Å². The number of hydrogen-bond donors (Lipinski definition) is 7. The van der Waals surface area contributed by atoms with Crippen LogP contribution in [0.3, 0.4) is 0 Å². The Morgan fingerprint density at radius 2 is 1.45 bits per heavy atom. The fourth-order valence-electron chi connectivity index (χ4n) is 1.87. The third-order valence-corrected chi connectivity index (χ3v) is 5.38. The number of phosphoric ester groups is 2. The van der Waals surface area contributed by atoms with E-state index in [4.69, 9.17) is 24.5 Å². The van der Waals surface area contributed by atoms with Gasteiger partial charge in [-0.25, -0.2) is 13.7 Å². The van der Waals surface area contributed by atoms with Crippen molar-refractivity contribution in [2.45, 2.75) is 24.7 Å². The van der Waals surface area contributed by atoms with Gasteiger partial charge in [-0.1, -0.05) is 0 Å². The van der Waals surface area contributed by atoms with Crippen LogP contribution in [0.15, 0.2) is 0 Å². The molecule has 0 amide bonds. The Balaban J connectivity index is 2.68. The number of phosphoric acid groups is 3. The Morgan fingerprint density at radius 3 is 1.91 bits per heavy atom. The molecule has 1 saturated carbocycles. The average Bonchev–Trinajstić information content (AvgIpc) is 2.49. The van der Waals surface area contributed by atoms with Crippen molar-refractivity contribution in [1.82, 2.24) is 0 Å². The second-order valence-electron chi connectivity index (χ2n) is 4.45. The lowest BCUT2D eigenvalue weighted by molar-refractivity contribution is -0.0291. The lowest BCUT2D eigenvalue weighted by atomic mass is 10.1. The Hall–Kier alpha value is 0.290. The fraction of sp³-hybridized carbons (Fsp3) is 1.00. The van der Waals surface area contributed by atoms with Crippen molar-refractivity contribution in [3.63, 3.8) is 0 Å². The molecule has 22 heavy (non-hydrogen) atoms. The number of aliphatic hydroxyl groups excluding tert-OH is 2. The molecule has 0 radical (unpaired) electrons. The van der Waals surface area contributed by atoms with Crippen molar-refractivity contribution in [1.29, 1.82) is 0 Å². The van der Waals surface area contributed by atoms with Gasteiger partial charge in [-0.05, 0) is 6.42 Å². The summed E-state index contributed by atoms with van der Waals surface area (Å²) in [6.07, 6.45) is -5.31. The number of rotatable bonds is 7. The van der Waals surface area contributed by atoms with Gasteiger partial charge in [0.1, 0.15) is 6.10 Å². The lowest BCUT2D eigenvalue weighted by Crippen LogP contribution is -2.32. The predicted molar refractivity (Wildman–Crippen MR) is 65.9 cm³/mol. The van der Waals surface area contributed by atoms with Gasteiger partial charge in [0, 0.05) is 5.92 Å². The smallest absolute Gasteiger partial charge is 0.390 e. The van der Waals surface area contributed by atoms with Crippen LogP contribution in [0.5, 0.6) is 0 Å². The summed E-state index contributed by atoms with van der Waals surface area (Å²) in [5, 5.41) is 19.2. The van der Waals surface area contributed by atoms with Crippen LogP contribution in [-0.2, 0) is 27.1 Å².